The summed E-state index contributed by atoms with van der Waals surface area (Å²) in [6, 6.07) is 5.48. The molecule has 0 aromatic carbocycles. The van der Waals surface area contributed by atoms with Crippen LogP contribution in [-0.2, 0) is 9.53 Å². The number of ether oxygens (including phenoxy) is 1. The van der Waals surface area contributed by atoms with Crippen LogP contribution in [0.15, 0.2) is 24.4 Å². The second-order valence-electron chi connectivity index (χ2n) is 6.62. The quantitative estimate of drug-likeness (QED) is 0.874. The zero-order valence-corrected chi connectivity index (χ0v) is 13.4. The zero-order chi connectivity index (χ0) is 16.1. The summed E-state index contributed by atoms with van der Waals surface area (Å²) < 4.78 is 5.33. The number of amides is 1. The summed E-state index contributed by atoms with van der Waals surface area (Å²) in [5.41, 5.74) is -0.669. The lowest BCUT2D eigenvalue weighted by molar-refractivity contribution is -0.123. The molecule has 6 nitrogen and oxygen atoms in total. The molecule has 1 unspecified atom stereocenters. The summed E-state index contributed by atoms with van der Waals surface area (Å²) in [6.45, 7) is 3.50. The summed E-state index contributed by atoms with van der Waals surface area (Å²) in [5.74, 6) is 0.569. The van der Waals surface area contributed by atoms with Gasteiger partial charge in [0.1, 0.15) is 5.82 Å². The van der Waals surface area contributed by atoms with Gasteiger partial charge in [0.15, 0.2) is 0 Å². The smallest absolute Gasteiger partial charge is 0.229 e. The van der Waals surface area contributed by atoms with Crippen molar-refractivity contribution >= 4 is 11.7 Å². The molecular formula is C17H25N3O3. The molecule has 1 aromatic rings. The van der Waals surface area contributed by atoms with Gasteiger partial charge in [0, 0.05) is 45.3 Å². The number of β-amino-alcohol motifs (C(OH)–C–C–N with tert-alkyl or cyclic N) is 1. The summed E-state index contributed by atoms with van der Waals surface area (Å²) in [4.78, 5) is 18.8. The van der Waals surface area contributed by atoms with Crippen LogP contribution in [0.2, 0.25) is 0 Å². The Morgan fingerprint density at radius 1 is 1.43 bits per heavy atom. The Morgan fingerprint density at radius 2 is 2.26 bits per heavy atom. The molecule has 1 atom stereocenters. The SMILES string of the molecule is O=C(Nc1ccccn1)C1CCCN(CC2(O)CCOCC2)C1. The maximum atomic E-state index is 12.4. The standard InChI is InChI=1S/C17H25N3O3/c21-16(19-15-5-1-2-8-18-15)14-4-3-9-20(12-14)13-17(22)6-10-23-11-7-17/h1-2,5,8,14,22H,3-4,6-7,9-13H2,(H,18,19,21). The Morgan fingerprint density at radius 3 is 3.00 bits per heavy atom. The van der Waals surface area contributed by atoms with Crippen LogP contribution in [0, 0.1) is 5.92 Å². The highest BCUT2D eigenvalue weighted by molar-refractivity contribution is 5.91. The predicted molar refractivity (Wildman–Crippen MR) is 87.0 cm³/mol. The fraction of sp³-hybridized carbons (Fsp3) is 0.647. The van der Waals surface area contributed by atoms with E-state index in [2.05, 4.69) is 15.2 Å². The van der Waals surface area contributed by atoms with Crippen LogP contribution in [0.5, 0.6) is 0 Å². The van der Waals surface area contributed by atoms with Gasteiger partial charge in [-0.1, -0.05) is 6.07 Å². The predicted octanol–water partition coefficient (Wildman–Crippen LogP) is 1.27. The van der Waals surface area contributed by atoms with Gasteiger partial charge in [0.2, 0.25) is 5.91 Å². The number of nitrogens with one attached hydrogen (secondary N) is 1. The van der Waals surface area contributed by atoms with Crippen LogP contribution in [0.1, 0.15) is 25.7 Å². The molecule has 0 saturated carbocycles. The third-order valence-electron chi connectivity index (χ3n) is 4.73. The highest BCUT2D eigenvalue weighted by Crippen LogP contribution is 2.25. The second-order valence-corrected chi connectivity index (χ2v) is 6.62. The van der Waals surface area contributed by atoms with Crippen molar-refractivity contribution in [3.8, 4) is 0 Å². The van der Waals surface area contributed by atoms with E-state index >= 15 is 0 Å². The first-order valence-corrected chi connectivity index (χ1v) is 8.39. The Balaban J connectivity index is 1.54. The molecule has 2 fully saturated rings. The minimum atomic E-state index is -0.669. The van der Waals surface area contributed by atoms with Crippen molar-refractivity contribution in [1.82, 2.24) is 9.88 Å². The van der Waals surface area contributed by atoms with Gasteiger partial charge < -0.3 is 15.2 Å². The van der Waals surface area contributed by atoms with Crippen molar-refractivity contribution < 1.29 is 14.6 Å². The topological polar surface area (TPSA) is 74.7 Å². The lowest BCUT2D eigenvalue weighted by Crippen LogP contribution is -2.50. The average Bonchev–Trinajstić information content (AvgIpc) is 2.56. The molecule has 23 heavy (non-hydrogen) atoms. The number of nitrogens with zero attached hydrogens (tertiary/aromatic N) is 2. The van der Waals surface area contributed by atoms with Crippen LogP contribution in [-0.4, -0.2) is 59.3 Å². The highest BCUT2D eigenvalue weighted by atomic mass is 16.5. The molecule has 1 amide bonds. The zero-order valence-electron chi connectivity index (χ0n) is 13.4. The molecule has 2 N–H and O–H groups in total. The monoisotopic (exact) mass is 319 g/mol. The van der Waals surface area contributed by atoms with Crippen molar-refractivity contribution in [1.29, 1.82) is 0 Å². The van der Waals surface area contributed by atoms with E-state index in [0.29, 0.717) is 45.0 Å². The Hall–Kier alpha value is -1.50. The highest BCUT2D eigenvalue weighted by Gasteiger charge is 2.34. The van der Waals surface area contributed by atoms with Crippen LogP contribution in [0.4, 0.5) is 5.82 Å². The van der Waals surface area contributed by atoms with Crippen molar-refractivity contribution in [2.45, 2.75) is 31.3 Å². The van der Waals surface area contributed by atoms with Crippen LogP contribution >= 0.6 is 0 Å². The van der Waals surface area contributed by atoms with E-state index in [4.69, 9.17) is 4.74 Å². The van der Waals surface area contributed by atoms with Crippen molar-refractivity contribution in [3.05, 3.63) is 24.4 Å². The fourth-order valence-electron chi connectivity index (χ4n) is 3.40. The normalized spacial score (nSPS) is 25.0. The molecule has 2 aliphatic rings. The van der Waals surface area contributed by atoms with Crippen molar-refractivity contribution in [2.24, 2.45) is 5.92 Å². The fourth-order valence-corrected chi connectivity index (χ4v) is 3.40. The van der Waals surface area contributed by atoms with E-state index in [0.717, 1.165) is 19.4 Å². The molecule has 3 rings (SSSR count). The second kappa shape index (κ2) is 7.38. The molecule has 0 bridgehead atoms. The third-order valence-corrected chi connectivity index (χ3v) is 4.73. The molecule has 126 valence electrons. The summed E-state index contributed by atoms with van der Waals surface area (Å²) >= 11 is 0. The first kappa shape index (κ1) is 16.4. The number of hydrogen-bond donors (Lipinski definition) is 2. The summed E-state index contributed by atoms with van der Waals surface area (Å²) in [6.07, 6.45) is 4.88. The third kappa shape index (κ3) is 4.50. The first-order chi connectivity index (χ1) is 11.1. The van der Waals surface area contributed by atoms with Gasteiger partial charge in [-0.15, -0.1) is 0 Å². The molecule has 2 aliphatic heterocycles. The molecule has 2 saturated heterocycles. The lowest BCUT2D eigenvalue weighted by Gasteiger charge is -2.40. The molecule has 0 aliphatic carbocycles. The van der Waals surface area contributed by atoms with Gasteiger partial charge in [0.25, 0.3) is 0 Å². The van der Waals surface area contributed by atoms with Crippen LogP contribution in [0.25, 0.3) is 0 Å². The number of pyridine rings is 1. The van der Waals surface area contributed by atoms with Gasteiger partial charge >= 0.3 is 0 Å². The van der Waals surface area contributed by atoms with Crippen molar-refractivity contribution in [2.75, 3.05) is 38.2 Å². The molecule has 0 radical (unpaired) electrons. The maximum absolute atomic E-state index is 12.4. The number of piperidine rings is 1. The summed E-state index contributed by atoms with van der Waals surface area (Å²) in [7, 11) is 0. The van der Waals surface area contributed by atoms with E-state index in [1.807, 2.05) is 12.1 Å². The number of aromatic nitrogens is 1. The number of likely N-dealkylation sites (tertiary alicyclic amines) is 1. The van der Waals surface area contributed by atoms with E-state index in [1.54, 1.807) is 12.3 Å². The Bertz CT molecular complexity index is 517. The number of carbonyl (C=O) groups is 1. The number of anilines is 1. The van der Waals surface area contributed by atoms with E-state index in [1.165, 1.54) is 0 Å². The van der Waals surface area contributed by atoms with Crippen LogP contribution in [0.3, 0.4) is 0 Å². The minimum absolute atomic E-state index is 0.0207. The van der Waals surface area contributed by atoms with E-state index < -0.39 is 5.60 Å². The van der Waals surface area contributed by atoms with Gasteiger partial charge in [-0.25, -0.2) is 4.98 Å². The number of rotatable bonds is 4. The number of carbonyl (C=O) groups excluding carboxylic acids is 1. The maximum Gasteiger partial charge on any atom is 0.229 e. The Kier molecular flexibility index (Phi) is 5.25. The van der Waals surface area contributed by atoms with Gasteiger partial charge in [-0.05, 0) is 31.5 Å². The van der Waals surface area contributed by atoms with Crippen molar-refractivity contribution in [3.63, 3.8) is 0 Å². The van der Waals surface area contributed by atoms with Crippen LogP contribution < -0.4 is 5.32 Å². The van der Waals surface area contributed by atoms with Gasteiger partial charge in [-0.2, -0.15) is 0 Å². The summed E-state index contributed by atoms with van der Waals surface area (Å²) in [5, 5.41) is 13.5. The molecule has 6 heteroatoms. The number of hydrogen-bond acceptors (Lipinski definition) is 5. The molecule has 1 aromatic heterocycles. The van der Waals surface area contributed by atoms with Gasteiger partial charge in [0.05, 0.1) is 11.5 Å². The van der Waals surface area contributed by atoms with E-state index in [-0.39, 0.29) is 11.8 Å². The average molecular weight is 319 g/mol. The van der Waals surface area contributed by atoms with Gasteiger partial charge in [-0.3, -0.25) is 9.69 Å². The first-order valence-electron chi connectivity index (χ1n) is 8.39. The lowest BCUT2D eigenvalue weighted by atomic mass is 9.91. The number of aliphatic hydroxyl groups is 1. The Labute approximate surface area is 136 Å². The largest absolute Gasteiger partial charge is 0.388 e. The molecular weight excluding hydrogens is 294 g/mol. The van der Waals surface area contributed by atoms with E-state index in [9.17, 15) is 9.90 Å². The minimum Gasteiger partial charge on any atom is -0.388 e. The molecule has 0 spiro atoms. The molecule has 3 heterocycles.